The van der Waals surface area contributed by atoms with E-state index in [4.69, 9.17) is 0 Å². The molecule has 0 bridgehead atoms. The third-order valence-electron chi connectivity index (χ3n) is 4.83. The molecule has 26 heavy (non-hydrogen) atoms. The van der Waals surface area contributed by atoms with Crippen LogP contribution in [0.4, 0.5) is 0 Å². The summed E-state index contributed by atoms with van der Waals surface area (Å²) in [5.41, 5.74) is 9.87. The van der Waals surface area contributed by atoms with Crippen molar-refractivity contribution in [1.29, 1.82) is 0 Å². The highest BCUT2D eigenvalue weighted by Gasteiger charge is 2.19. The minimum absolute atomic E-state index is 0.0593. The highest BCUT2D eigenvalue weighted by Crippen LogP contribution is 2.32. The van der Waals surface area contributed by atoms with E-state index in [1.165, 1.54) is 16.5 Å². The van der Waals surface area contributed by atoms with Crippen LogP contribution in [0.15, 0.2) is 36.4 Å². The number of amides is 2. The van der Waals surface area contributed by atoms with Crippen LogP contribution < -0.4 is 10.9 Å². The van der Waals surface area contributed by atoms with Crippen molar-refractivity contribution in [3.05, 3.63) is 64.5 Å². The number of carbonyl (C=O) groups is 2. The maximum atomic E-state index is 12.6. The van der Waals surface area contributed by atoms with Crippen molar-refractivity contribution in [3.63, 3.8) is 0 Å². The Bertz CT molecular complexity index is 1030. The van der Waals surface area contributed by atoms with Gasteiger partial charge in [-0.15, -0.1) is 0 Å². The summed E-state index contributed by atoms with van der Waals surface area (Å²) in [6, 6.07) is 11.8. The summed E-state index contributed by atoms with van der Waals surface area (Å²) in [6.45, 7) is 3.82. The zero-order chi connectivity index (χ0) is 18.3. The fraction of sp³-hybridized carbons (Fsp3) is 0.250. The van der Waals surface area contributed by atoms with Crippen LogP contribution in [0.5, 0.6) is 0 Å². The first-order valence-corrected chi connectivity index (χ1v) is 8.66. The highest BCUT2D eigenvalue weighted by atomic mass is 16.2. The van der Waals surface area contributed by atoms with Gasteiger partial charge in [0.05, 0.1) is 5.69 Å². The molecule has 0 atom stereocenters. The normalized spacial score (nSPS) is 12.4. The third kappa shape index (κ3) is 2.83. The van der Waals surface area contributed by atoms with E-state index in [0.717, 1.165) is 29.6 Å². The molecule has 3 aromatic rings. The summed E-state index contributed by atoms with van der Waals surface area (Å²) < 4.78 is 1.61. The zero-order valence-electron chi connectivity index (χ0n) is 14.8. The minimum atomic E-state index is -0.324. The molecule has 0 radical (unpaired) electrons. The topological polar surface area (TPSA) is 76.0 Å². The van der Waals surface area contributed by atoms with Gasteiger partial charge >= 0.3 is 0 Å². The van der Waals surface area contributed by atoms with Crippen LogP contribution in [-0.2, 0) is 24.2 Å². The van der Waals surface area contributed by atoms with Crippen molar-refractivity contribution in [2.45, 2.75) is 33.2 Å². The molecule has 0 spiro atoms. The van der Waals surface area contributed by atoms with Gasteiger partial charge in [0, 0.05) is 11.3 Å². The molecule has 2 amide bonds. The van der Waals surface area contributed by atoms with Gasteiger partial charge in [-0.1, -0.05) is 24.3 Å². The van der Waals surface area contributed by atoms with E-state index in [-0.39, 0.29) is 18.4 Å². The maximum absolute atomic E-state index is 12.6. The van der Waals surface area contributed by atoms with E-state index in [9.17, 15) is 9.59 Å². The average molecular weight is 348 g/mol. The second kappa shape index (κ2) is 6.29. The molecule has 0 saturated carbocycles. The molecule has 1 aliphatic carbocycles. The fourth-order valence-corrected chi connectivity index (χ4v) is 3.65. The molecule has 6 heteroatoms. The molecule has 2 N–H and O–H groups in total. The van der Waals surface area contributed by atoms with Crippen molar-refractivity contribution in [3.8, 4) is 0 Å². The van der Waals surface area contributed by atoms with Crippen LogP contribution in [0.1, 0.15) is 32.9 Å². The number of nitrogens with one attached hydrogen (secondary N) is 2. The molecule has 2 aromatic carbocycles. The van der Waals surface area contributed by atoms with Crippen molar-refractivity contribution in [1.82, 2.24) is 20.6 Å². The number of aromatic nitrogens is 2. The van der Waals surface area contributed by atoms with Gasteiger partial charge < -0.3 is 0 Å². The number of hydrogen-bond donors (Lipinski definition) is 2. The maximum Gasteiger partial charge on any atom is 0.270 e. The number of aryl methyl sites for hydroxylation is 4. The Balaban J connectivity index is 1.48. The number of benzene rings is 2. The lowest BCUT2D eigenvalue weighted by atomic mass is 10.00. The van der Waals surface area contributed by atoms with Gasteiger partial charge in [-0.25, -0.2) is 0 Å². The molecule has 1 aromatic heterocycles. The number of hydrazine groups is 1. The summed E-state index contributed by atoms with van der Waals surface area (Å²) in [5, 5.41) is 6.35. The largest absolute Gasteiger partial charge is 0.271 e. The van der Waals surface area contributed by atoms with Crippen molar-refractivity contribution >= 4 is 22.6 Å². The lowest BCUT2D eigenvalue weighted by Crippen LogP contribution is -2.43. The molecule has 4 rings (SSSR count). The van der Waals surface area contributed by atoms with Gasteiger partial charge in [0.2, 0.25) is 0 Å². The number of rotatable bonds is 3. The molecule has 1 heterocycles. The molecular weight excluding hydrogens is 328 g/mol. The van der Waals surface area contributed by atoms with Crippen LogP contribution in [0.3, 0.4) is 0 Å². The van der Waals surface area contributed by atoms with Crippen molar-refractivity contribution < 1.29 is 9.59 Å². The molecule has 0 saturated heterocycles. The van der Waals surface area contributed by atoms with Gasteiger partial charge in [0.15, 0.2) is 0 Å². The van der Waals surface area contributed by atoms with Crippen LogP contribution in [0, 0.1) is 13.8 Å². The first-order valence-electron chi connectivity index (χ1n) is 8.66. The van der Waals surface area contributed by atoms with E-state index in [0.29, 0.717) is 5.56 Å². The van der Waals surface area contributed by atoms with E-state index < -0.39 is 0 Å². The fourth-order valence-electron chi connectivity index (χ4n) is 3.65. The standard InChI is InChI=1S/C20H20N4O2/c1-12-10-13(2)24(23-12)11-18(25)21-22-20(26)17-9-8-15-7-6-14-4-3-5-16(17)19(14)15/h3-5,8-10H,6-7,11H2,1-2H3,(H,21,25)(H,22,26). The molecule has 0 fully saturated rings. The average Bonchev–Trinajstić information content (AvgIpc) is 3.17. The quantitative estimate of drug-likeness (QED) is 0.713. The molecule has 1 aliphatic rings. The first-order chi connectivity index (χ1) is 12.5. The van der Waals surface area contributed by atoms with E-state index in [1.54, 1.807) is 4.68 Å². The summed E-state index contributed by atoms with van der Waals surface area (Å²) >= 11 is 0. The Morgan fingerprint density at radius 3 is 2.58 bits per heavy atom. The smallest absolute Gasteiger partial charge is 0.270 e. The number of carbonyl (C=O) groups excluding carboxylic acids is 2. The Hall–Kier alpha value is -3.15. The summed E-state index contributed by atoms with van der Waals surface area (Å²) in [6.07, 6.45) is 2.02. The second-order valence-electron chi connectivity index (χ2n) is 6.70. The van der Waals surface area contributed by atoms with E-state index >= 15 is 0 Å². The molecule has 132 valence electrons. The Kier molecular flexibility index (Phi) is 3.95. The van der Waals surface area contributed by atoms with Crippen LogP contribution in [0.25, 0.3) is 10.8 Å². The van der Waals surface area contributed by atoms with Gasteiger partial charge in [-0.3, -0.25) is 25.1 Å². The van der Waals surface area contributed by atoms with Gasteiger partial charge in [0.25, 0.3) is 11.8 Å². The number of hydrogen-bond acceptors (Lipinski definition) is 3. The van der Waals surface area contributed by atoms with E-state index in [2.05, 4.69) is 22.0 Å². The minimum Gasteiger partial charge on any atom is -0.271 e. The van der Waals surface area contributed by atoms with Gasteiger partial charge in [0.1, 0.15) is 6.54 Å². The predicted molar refractivity (Wildman–Crippen MR) is 98.7 cm³/mol. The van der Waals surface area contributed by atoms with Gasteiger partial charge in [-0.05, 0) is 60.7 Å². The monoisotopic (exact) mass is 348 g/mol. The lowest BCUT2D eigenvalue weighted by Gasteiger charge is -2.11. The molecule has 6 nitrogen and oxygen atoms in total. The van der Waals surface area contributed by atoms with Gasteiger partial charge in [-0.2, -0.15) is 5.10 Å². The Morgan fingerprint density at radius 1 is 1.08 bits per heavy atom. The van der Waals surface area contributed by atoms with Crippen molar-refractivity contribution in [2.75, 3.05) is 0 Å². The van der Waals surface area contributed by atoms with Crippen LogP contribution in [-0.4, -0.2) is 21.6 Å². The van der Waals surface area contributed by atoms with Crippen molar-refractivity contribution in [2.24, 2.45) is 0 Å². The Labute approximate surface area is 151 Å². The SMILES string of the molecule is Cc1cc(C)n(CC(=O)NNC(=O)c2ccc3c4c(cccc24)CC3)n1. The predicted octanol–water partition coefficient (Wildman–Crippen LogP) is 2.21. The van der Waals surface area contributed by atoms with Crippen LogP contribution >= 0.6 is 0 Å². The molecule has 0 aliphatic heterocycles. The summed E-state index contributed by atoms with van der Waals surface area (Å²) in [5.74, 6) is -0.641. The molecule has 0 unspecified atom stereocenters. The zero-order valence-corrected chi connectivity index (χ0v) is 14.8. The summed E-state index contributed by atoms with van der Waals surface area (Å²) in [4.78, 5) is 24.7. The number of nitrogens with zero attached hydrogens (tertiary/aromatic N) is 2. The van der Waals surface area contributed by atoms with E-state index in [1.807, 2.05) is 44.2 Å². The van der Waals surface area contributed by atoms with Crippen LogP contribution in [0.2, 0.25) is 0 Å². The third-order valence-corrected chi connectivity index (χ3v) is 4.83. The molecular formula is C20H20N4O2. The first kappa shape index (κ1) is 16.3. The second-order valence-corrected chi connectivity index (χ2v) is 6.70. The Morgan fingerprint density at radius 2 is 1.85 bits per heavy atom. The summed E-state index contributed by atoms with van der Waals surface area (Å²) in [7, 11) is 0. The highest BCUT2D eigenvalue weighted by molar-refractivity contribution is 6.09. The lowest BCUT2D eigenvalue weighted by molar-refractivity contribution is -0.122.